The summed E-state index contributed by atoms with van der Waals surface area (Å²) < 4.78 is 5.13. The van der Waals surface area contributed by atoms with Gasteiger partial charge in [0.05, 0.1) is 23.7 Å². The Hall–Kier alpha value is -2.49. The minimum absolute atomic E-state index is 0.102. The van der Waals surface area contributed by atoms with Crippen molar-refractivity contribution >= 4 is 11.0 Å². The Morgan fingerprint density at radius 1 is 1.25 bits per heavy atom. The molecule has 0 aliphatic rings. The van der Waals surface area contributed by atoms with Crippen LogP contribution in [0.25, 0.3) is 22.4 Å². The molecule has 3 rings (SSSR count). The fraction of sp³-hybridized carbons (Fsp3) is 0.188. The highest BCUT2D eigenvalue weighted by Crippen LogP contribution is 2.36. The molecule has 102 valence electrons. The third-order valence-electron chi connectivity index (χ3n) is 3.43. The maximum Gasteiger partial charge on any atom is 0.168 e. The Labute approximate surface area is 117 Å². The number of aromatic amines is 1. The lowest BCUT2D eigenvalue weighted by atomic mass is 10.1. The number of phenols is 1. The van der Waals surface area contributed by atoms with Gasteiger partial charge in [-0.3, -0.25) is 0 Å². The molecule has 4 nitrogen and oxygen atoms in total. The molecule has 0 atom stereocenters. The number of aromatic hydroxyl groups is 1. The van der Waals surface area contributed by atoms with Crippen LogP contribution in [0.15, 0.2) is 36.4 Å². The Balaban J connectivity index is 2.15. The molecular formula is C16H16N2O2. The van der Waals surface area contributed by atoms with Crippen LogP contribution in [0.3, 0.4) is 0 Å². The number of aromatic nitrogens is 2. The first-order valence-electron chi connectivity index (χ1n) is 6.58. The maximum atomic E-state index is 10.2. The molecule has 0 saturated carbocycles. The fourth-order valence-corrected chi connectivity index (χ4v) is 2.28. The average Bonchev–Trinajstić information content (AvgIpc) is 2.89. The SMILES string of the molecule is CCc1ccc2nc(-c3cccc(OC)c3O)[nH]c2c1. The second kappa shape index (κ2) is 4.89. The summed E-state index contributed by atoms with van der Waals surface area (Å²) in [5.74, 6) is 1.19. The van der Waals surface area contributed by atoms with Crippen LogP contribution in [0.1, 0.15) is 12.5 Å². The van der Waals surface area contributed by atoms with Crippen LogP contribution >= 0.6 is 0 Å². The van der Waals surface area contributed by atoms with E-state index in [1.807, 2.05) is 18.2 Å². The summed E-state index contributed by atoms with van der Waals surface area (Å²) in [6.45, 7) is 2.12. The predicted molar refractivity (Wildman–Crippen MR) is 79.1 cm³/mol. The average molecular weight is 268 g/mol. The summed E-state index contributed by atoms with van der Waals surface area (Å²) in [7, 11) is 1.53. The molecule has 2 N–H and O–H groups in total. The van der Waals surface area contributed by atoms with Gasteiger partial charge in [-0.15, -0.1) is 0 Å². The Kier molecular flexibility index (Phi) is 3.06. The zero-order chi connectivity index (χ0) is 14.1. The number of benzene rings is 2. The van der Waals surface area contributed by atoms with Crippen LogP contribution in [0.4, 0.5) is 0 Å². The van der Waals surface area contributed by atoms with E-state index in [-0.39, 0.29) is 5.75 Å². The van der Waals surface area contributed by atoms with Gasteiger partial charge >= 0.3 is 0 Å². The Morgan fingerprint density at radius 2 is 2.10 bits per heavy atom. The first-order valence-corrected chi connectivity index (χ1v) is 6.58. The molecule has 0 bridgehead atoms. The lowest BCUT2D eigenvalue weighted by Crippen LogP contribution is -1.87. The van der Waals surface area contributed by atoms with Gasteiger partial charge in [-0.05, 0) is 36.2 Å². The molecule has 0 saturated heterocycles. The Morgan fingerprint density at radius 3 is 2.85 bits per heavy atom. The van der Waals surface area contributed by atoms with Crippen LogP contribution in [-0.4, -0.2) is 22.2 Å². The van der Waals surface area contributed by atoms with Crippen molar-refractivity contribution in [2.75, 3.05) is 7.11 Å². The van der Waals surface area contributed by atoms with Crippen LogP contribution < -0.4 is 4.74 Å². The van der Waals surface area contributed by atoms with E-state index in [1.54, 1.807) is 6.07 Å². The van der Waals surface area contributed by atoms with Gasteiger partial charge in [0.25, 0.3) is 0 Å². The van der Waals surface area contributed by atoms with Crippen molar-refractivity contribution in [3.63, 3.8) is 0 Å². The number of nitrogens with one attached hydrogen (secondary N) is 1. The molecule has 1 heterocycles. The predicted octanol–water partition coefficient (Wildman–Crippen LogP) is 3.51. The molecule has 1 aromatic heterocycles. The van der Waals surface area contributed by atoms with Crippen molar-refractivity contribution in [3.8, 4) is 22.9 Å². The van der Waals surface area contributed by atoms with Crippen molar-refractivity contribution < 1.29 is 9.84 Å². The number of aryl methyl sites for hydroxylation is 1. The molecule has 0 aliphatic heterocycles. The number of H-pyrrole nitrogens is 1. The molecule has 2 aromatic carbocycles. The normalized spacial score (nSPS) is 10.9. The van der Waals surface area contributed by atoms with Gasteiger partial charge < -0.3 is 14.8 Å². The monoisotopic (exact) mass is 268 g/mol. The van der Waals surface area contributed by atoms with Gasteiger partial charge in [0, 0.05) is 0 Å². The van der Waals surface area contributed by atoms with E-state index in [2.05, 4.69) is 29.0 Å². The fourth-order valence-electron chi connectivity index (χ4n) is 2.28. The van der Waals surface area contributed by atoms with Crippen LogP contribution in [-0.2, 0) is 6.42 Å². The highest BCUT2D eigenvalue weighted by atomic mass is 16.5. The number of ether oxygens (including phenoxy) is 1. The minimum Gasteiger partial charge on any atom is -0.504 e. The second-order valence-electron chi connectivity index (χ2n) is 4.65. The van der Waals surface area contributed by atoms with E-state index in [9.17, 15) is 5.11 Å². The quantitative estimate of drug-likeness (QED) is 0.764. The largest absolute Gasteiger partial charge is 0.504 e. The molecule has 0 unspecified atom stereocenters. The third-order valence-corrected chi connectivity index (χ3v) is 3.43. The van der Waals surface area contributed by atoms with E-state index in [1.165, 1.54) is 12.7 Å². The van der Waals surface area contributed by atoms with E-state index in [0.29, 0.717) is 17.1 Å². The van der Waals surface area contributed by atoms with Crippen LogP contribution in [0.2, 0.25) is 0 Å². The lowest BCUT2D eigenvalue weighted by Gasteiger charge is -2.06. The van der Waals surface area contributed by atoms with Gasteiger partial charge in [0.2, 0.25) is 0 Å². The standard InChI is InChI=1S/C16H16N2O2/c1-3-10-7-8-12-13(9-10)18-16(17-12)11-5-4-6-14(20-2)15(11)19/h4-9,19H,3H2,1-2H3,(H,17,18). The highest BCUT2D eigenvalue weighted by Gasteiger charge is 2.13. The van der Waals surface area contributed by atoms with Gasteiger partial charge in [-0.25, -0.2) is 4.98 Å². The van der Waals surface area contributed by atoms with Crippen molar-refractivity contribution in [1.29, 1.82) is 0 Å². The molecule has 20 heavy (non-hydrogen) atoms. The van der Waals surface area contributed by atoms with Crippen LogP contribution in [0, 0.1) is 0 Å². The van der Waals surface area contributed by atoms with Gasteiger partial charge in [-0.1, -0.05) is 19.1 Å². The number of rotatable bonds is 3. The molecule has 4 heteroatoms. The van der Waals surface area contributed by atoms with Gasteiger partial charge in [0.1, 0.15) is 5.82 Å². The molecule has 0 radical (unpaired) electrons. The second-order valence-corrected chi connectivity index (χ2v) is 4.65. The summed E-state index contributed by atoms with van der Waals surface area (Å²) in [5, 5.41) is 10.2. The van der Waals surface area contributed by atoms with E-state index in [0.717, 1.165) is 17.5 Å². The number of hydrogen-bond acceptors (Lipinski definition) is 3. The van der Waals surface area contributed by atoms with Crippen molar-refractivity contribution in [1.82, 2.24) is 9.97 Å². The first-order chi connectivity index (χ1) is 9.72. The topological polar surface area (TPSA) is 58.1 Å². The molecule has 0 amide bonds. The van der Waals surface area contributed by atoms with E-state index in [4.69, 9.17) is 4.74 Å². The maximum absolute atomic E-state index is 10.2. The zero-order valence-electron chi connectivity index (χ0n) is 11.5. The molecule has 3 aromatic rings. The van der Waals surface area contributed by atoms with Gasteiger partial charge in [0.15, 0.2) is 11.5 Å². The zero-order valence-corrected chi connectivity index (χ0v) is 11.5. The number of fused-ring (bicyclic) bond motifs is 1. The molecule has 0 spiro atoms. The van der Waals surface area contributed by atoms with Crippen LogP contribution in [0.5, 0.6) is 11.5 Å². The lowest BCUT2D eigenvalue weighted by molar-refractivity contribution is 0.374. The summed E-state index contributed by atoms with van der Waals surface area (Å²) in [6, 6.07) is 11.5. The summed E-state index contributed by atoms with van der Waals surface area (Å²) in [5.41, 5.74) is 3.75. The number of imidazole rings is 1. The first kappa shape index (κ1) is 12.5. The molecular weight excluding hydrogens is 252 g/mol. The van der Waals surface area contributed by atoms with Crippen molar-refractivity contribution in [2.24, 2.45) is 0 Å². The number of nitrogens with zero attached hydrogens (tertiary/aromatic N) is 1. The van der Waals surface area contributed by atoms with Crippen molar-refractivity contribution in [3.05, 3.63) is 42.0 Å². The number of para-hydroxylation sites is 1. The molecule has 0 aliphatic carbocycles. The summed E-state index contributed by atoms with van der Waals surface area (Å²) >= 11 is 0. The number of methoxy groups -OCH3 is 1. The summed E-state index contributed by atoms with van der Waals surface area (Å²) in [6.07, 6.45) is 0.981. The van der Waals surface area contributed by atoms with E-state index >= 15 is 0 Å². The Bertz CT molecular complexity index is 762. The third kappa shape index (κ3) is 1.99. The minimum atomic E-state index is 0.102. The smallest absolute Gasteiger partial charge is 0.168 e. The van der Waals surface area contributed by atoms with Gasteiger partial charge in [-0.2, -0.15) is 0 Å². The van der Waals surface area contributed by atoms with Crippen molar-refractivity contribution in [2.45, 2.75) is 13.3 Å². The number of phenolic OH excluding ortho intramolecular Hbond substituents is 1. The molecule has 0 fully saturated rings. The number of hydrogen-bond donors (Lipinski definition) is 2. The highest BCUT2D eigenvalue weighted by molar-refractivity contribution is 5.81. The summed E-state index contributed by atoms with van der Waals surface area (Å²) in [4.78, 5) is 7.78. The van der Waals surface area contributed by atoms with E-state index < -0.39 is 0 Å².